The minimum Gasteiger partial charge on any atom is -0.492 e. The average molecular weight is 267 g/mol. The molecule has 0 radical (unpaired) electrons. The SMILES string of the molecule is CCOc1cncc(C(=O)C2CCc3ccccc32)c1. The van der Waals surface area contributed by atoms with Gasteiger partial charge in [0.15, 0.2) is 5.78 Å². The molecule has 2 aromatic rings. The maximum atomic E-state index is 12.7. The molecule has 0 spiro atoms. The Morgan fingerprint density at radius 3 is 3.05 bits per heavy atom. The highest BCUT2D eigenvalue weighted by molar-refractivity contribution is 6.01. The quantitative estimate of drug-likeness (QED) is 0.797. The molecule has 3 heteroatoms. The van der Waals surface area contributed by atoms with Gasteiger partial charge in [-0.25, -0.2) is 0 Å². The molecule has 3 nitrogen and oxygen atoms in total. The molecular formula is C17H17NO2. The second-order valence-corrected chi connectivity index (χ2v) is 5.00. The summed E-state index contributed by atoms with van der Waals surface area (Å²) in [5, 5.41) is 0. The van der Waals surface area contributed by atoms with Gasteiger partial charge in [0.05, 0.1) is 12.8 Å². The third kappa shape index (κ3) is 2.31. The van der Waals surface area contributed by atoms with E-state index in [1.807, 2.05) is 19.1 Å². The number of aromatic nitrogens is 1. The lowest BCUT2D eigenvalue weighted by molar-refractivity contribution is 0.0958. The minimum atomic E-state index is -0.0372. The Bertz CT molecular complexity index is 636. The smallest absolute Gasteiger partial charge is 0.172 e. The van der Waals surface area contributed by atoms with Crippen LogP contribution in [0.15, 0.2) is 42.7 Å². The summed E-state index contributed by atoms with van der Waals surface area (Å²) in [6.45, 7) is 2.49. The zero-order chi connectivity index (χ0) is 13.9. The van der Waals surface area contributed by atoms with Crippen molar-refractivity contribution < 1.29 is 9.53 Å². The lowest BCUT2D eigenvalue weighted by Crippen LogP contribution is -2.10. The number of carbonyl (C=O) groups is 1. The Balaban J connectivity index is 1.89. The highest BCUT2D eigenvalue weighted by atomic mass is 16.5. The van der Waals surface area contributed by atoms with Crippen LogP contribution in [0.2, 0.25) is 0 Å². The molecular weight excluding hydrogens is 250 g/mol. The summed E-state index contributed by atoms with van der Waals surface area (Å²) in [6.07, 6.45) is 5.14. The predicted molar refractivity (Wildman–Crippen MR) is 77.2 cm³/mol. The first-order chi connectivity index (χ1) is 9.79. The molecule has 3 rings (SSSR count). The number of hydrogen-bond donors (Lipinski definition) is 0. The van der Waals surface area contributed by atoms with Crippen LogP contribution in [0.3, 0.4) is 0 Å². The van der Waals surface area contributed by atoms with Crippen LogP contribution in [0.4, 0.5) is 0 Å². The molecule has 0 bridgehead atoms. The molecule has 1 heterocycles. The van der Waals surface area contributed by atoms with Crippen molar-refractivity contribution in [1.29, 1.82) is 0 Å². The van der Waals surface area contributed by atoms with E-state index in [9.17, 15) is 4.79 Å². The fourth-order valence-electron chi connectivity index (χ4n) is 2.83. The summed E-state index contributed by atoms with van der Waals surface area (Å²) < 4.78 is 5.41. The van der Waals surface area contributed by atoms with Crippen LogP contribution in [0.25, 0.3) is 0 Å². The van der Waals surface area contributed by atoms with E-state index in [4.69, 9.17) is 4.74 Å². The highest BCUT2D eigenvalue weighted by Gasteiger charge is 2.29. The monoisotopic (exact) mass is 267 g/mol. The maximum absolute atomic E-state index is 12.7. The molecule has 1 aliphatic rings. The average Bonchev–Trinajstić information content (AvgIpc) is 2.91. The zero-order valence-corrected chi connectivity index (χ0v) is 11.5. The molecule has 102 valence electrons. The van der Waals surface area contributed by atoms with Crippen molar-refractivity contribution in [2.45, 2.75) is 25.7 Å². The molecule has 0 amide bonds. The van der Waals surface area contributed by atoms with Crippen LogP contribution in [0.5, 0.6) is 5.75 Å². The summed E-state index contributed by atoms with van der Waals surface area (Å²) in [5.41, 5.74) is 3.09. The number of fused-ring (bicyclic) bond motifs is 1. The number of nitrogens with zero attached hydrogens (tertiary/aromatic N) is 1. The van der Waals surface area contributed by atoms with Gasteiger partial charge in [-0.1, -0.05) is 24.3 Å². The topological polar surface area (TPSA) is 39.2 Å². The first-order valence-corrected chi connectivity index (χ1v) is 6.99. The lowest BCUT2D eigenvalue weighted by Gasteiger charge is -2.11. The van der Waals surface area contributed by atoms with E-state index in [0.717, 1.165) is 12.8 Å². The first kappa shape index (κ1) is 12.9. The van der Waals surface area contributed by atoms with Crippen LogP contribution < -0.4 is 4.74 Å². The third-order valence-corrected chi connectivity index (χ3v) is 3.76. The number of carbonyl (C=O) groups excluding carboxylic acids is 1. The number of hydrogen-bond acceptors (Lipinski definition) is 3. The van der Waals surface area contributed by atoms with E-state index in [1.54, 1.807) is 18.5 Å². The second kappa shape index (κ2) is 5.45. The number of ketones is 1. The van der Waals surface area contributed by atoms with Crippen molar-refractivity contribution in [3.8, 4) is 5.75 Å². The number of benzene rings is 1. The molecule has 0 aliphatic heterocycles. The minimum absolute atomic E-state index is 0.0372. The lowest BCUT2D eigenvalue weighted by atomic mass is 9.93. The van der Waals surface area contributed by atoms with Gasteiger partial charge in [0.2, 0.25) is 0 Å². The highest BCUT2D eigenvalue weighted by Crippen LogP contribution is 2.35. The number of rotatable bonds is 4. The number of ether oxygens (including phenoxy) is 1. The van der Waals surface area contributed by atoms with Crippen LogP contribution >= 0.6 is 0 Å². The Labute approximate surface area is 118 Å². The summed E-state index contributed by atoms with van der Waals surface area (Å²) in [7, 11) is 0. The molecule has 20 heavy (non-hydrogen) atoms. The van der Waals surface area contributed by atoms with E-state index in [0.29, 0.717) is 17.9 Å². The van der Waals surface area contributed by atoms with Gasteiger partial charge in [0, 0.05) is 17.7 Å². The van der Waals surface area contributed by atoms with Crippen LogP contribution in [0, 0.1) is 0 Å². The van der Waals surface area contributed by atoms with Crippen LogP contribution in [0.1, 0.15) is 40.7 Å². The Kier molecular flexibility index (Phi) is 3.50. The molecule has 1 aromatic carbocycles. The van der Waals surface area contributed by atoms with Crippen molar-refractivity contribution >= 4 is 5.78 Å². The molecule has 0 saturated carbocycles. The molecule has 0 saturated heterocycles. The predicted octanol–water partition coefficient (Wildman–Crippen LogP) is 3.39. The van der Waals surface area contributed by atoms with Crippen molar-refractivity contribution in [2.24, 2.45) is 0 Å². The van der Waals surface area contributed by atoms with Gasteiger partial charge in [-0.05, 0) is 37.0 Å². The molecule has 1 atom stereocenters. The number of Topliss-reactive ketones (excluding diaryl/α,β-unsaturated/α-hetero) is 1. The molecule has 1 aliphatic carbocycles. The number of pyridine rings is 1. The van der Waals surface area contributed by atoms with E-state index in [-0.39, 0.29) is 11.7 Å². The summed E-state index contributed by atoms with van der Waals surface area (Å²) in [4.78, 5) is 16.8. The normalized spacial score (nSPS) is 16.8. The molecule has 1 unspecified atom stereocenters. The van der Waals surface area contributed by atoms with Gasteiger partial charge in [-0.3, -0.25) is 9.78 Å². The Hall–Kier alpha value is -2.16. The first-order valence-electron chi connectivity index (χ1n) is 6.99. The maximum Gasteiger partial charge on any atom is 0.172 e. The second-order valence-electron chi connectivity index (χ2n) is 5.00. The van der Waals surface area contributed by atoms with Gasteiger partial charge in [0.1, 0.15) is 5.75 Å². The number of aryl methyl sites for hydroxylation is 1. The molecule has 0 fully saturated rings. The summed E-state index contributed by atoms with van der Waals surface area (Å²) >= 11 is 0. The standard InChI is InChI=1S/C17H17NO2/c1-2-20-14-9-13(10-18-11-14)17(19)16-8-7-12-5-3-4-6-15(12)16/h3-6,9-11,16H,2,7-8H2,1H3. The van der Waals surface area contributed by atoms with Gasteiger partial charge in [-0.15, -0.1) is 0 Å². The van der Waals surface area contributed by atoms with Crippen molar-refractivity contribution in [3.05, 3.63) is 59.4 Å². The fraction of sp³-hybridized carbons (Fsp3) is 0.294. The van der Waals surface area contributed by atoms with Gasteiger partial charge < -0.3 is 4.74 Å². The van der Waals surface area contributed by atoms with Gasteiger partial charge in [0.25, 0.3) is 0 Å². The van der Waals surface area contributed by atoms with E-state index >= 15 is 0 Å². The van der Waals surface area contributed by atoms with Gasteiger partial charge in [-0.2, -0.15) is 0 Å². The fourth-order valence-corrected chi connectivity index (χ4v) is 2.83. The van der Waals surface area contributed by atoms with E-state index in [1.165, 1.54) is 11.1 Å². The third-order valence-electron chi connectivity index (χ3n) is 3.76. The summed E-state index contributed by atoms with van der Waals surface area (Å²) in [6, 6.07) is 9.99. The van der Waals surface area contributed by atoms with Gasteiger partial charge >= 0.3 is 0 Å². The molecule has 0 N–H and O–H groups in total. The van der Waals surface area contributed by atoms with Crippen molar-refractivity contribution in [2.75, 3.05) is 6.61 Å². The largest absolute Gasteiger partial charge is 0.492 e. The van der Waals surface area contributed by atoms with Crippen molar-refractivity contribution in [3.63, 3.8) is 0 Å². The summed E-state index contributed by atoms with van der Waals surface area (Å²) in [5.74, 6) is 0.763. The van der Waals surface area contributed by atoms with E-state index < -0.39 is 0 Å². The van der Waals surface area contributed by atoms with Crippen molar-refractivity contribution in [1.82, 2.24) is 4.98 Å². The molecule has 1 aromatic heterocycles. The Morgan fingerprint density at radius 2 is 2.20 bits per heavy atom. The zero-order valence-electron chi connectivity index (χ0n) is 11.5. The van der Waals surface area contributed by atoms with Crippen LogP contribution in [-0.2, 0) is 6.42 Å². The van der Waals surface area contributed by atoms with E-state index in [2.05, 4.69) is 17.1 Å². The van der Waals surface area contributed by atoms with Crippen LogP contribution in [-0.4, -0.2) is 17.4 Å². The Morgan fingerprint density at radius 1 is 1.35 bits per heavy atom.